The lowest BCUT2D eigenvalue weighted by atomic mass is 10.2. The van der Waals surface area contributed by atoms with Crippen LogP contribution in [0.1, 0.15) is 5.56 Å². The van der Waals surface area contributed by atoms with E-state index in [1.165, 1.54) is 0 Å². The van der Waals surface area contributed by atoms with Gasteiger partial charge in [0.1, 0.15) is 0 Å². The molecule has 1 N–H and O–H groups in total. The van der Waals surface area contributed by atoms with Crippen molar-refractivity contribution in [2.45, 2.75) is 16.3 Å². The highest BCUT2D eigenvalue weighted by Crippen LogP contribution is 2.24. The first-order valence-corrected chi connectivity index (χ1v) is 5.34. The van der Waals surface area contributed by atoms with Gasteiger partial charge in [-0.1, -0.05) is 6.07 Å². The molecule has 0 atom stereocenters. The van der Waals surface area contributed by atoms with Crippen molar-refractivity contribution in [3.8, 4) is 0 Å². The van der Waals surface area contributed by atoms with E-state index in [4.69, 9.17) is 0 Å². The minimum absolute atomic E-state index is 0.356. The van der Waals surface area contributed by atoms with Gasteiger partial charge in [-0.2, -0.15) is 0 Å². The summed E-state index contributed by atoms with van der Waals surface area (Å²) in [6.45, 7) is 0.395. The topological polar surface area (TPSA) is 46.2 Å². The van der Waals surface area contributed by atoms with Crippen molar-refractivity contribution in [2.75, 3.05) is 0 Å². The number of hydrogen-bond donors (Lipinski definition) is 2. The highest BCUT2D eigenvalue weighted by Gasteiger charge is 2.24. The van der Waals surface area contributed by atoms with Gasteiger partial charge >= 0.3 is 0 Å². The molecule has 1 heterocycles. The maximum Gasteiger partial charge on any atom is 0.241 e. The summed E-state index contributed by atoms with van der Waals surface area (Å²) >= 11 is 4.07. The van der Waals surface area contributed by atoms with E-state index in [-0.39, 0.29) is 0 Å². The molecule has 5 heteroatoms. The van der Waals surface area contributed by atoms with E-state index < -0.39 is 10.0 Å². The van der Waals surface area contributed by atoms with Crippen LogP contribution in [-0.4, -0.2) is 8.42 Å². The molecule has 0 aliphatic carbocycles. The largest absolute Gasteiger partial charge is 0.241 e. The number of hydrogen-bond acceptors (Lipinski definition) is 3. The molecule has 0 bridgehead atoms. The smallest absolute Gasteiger partial charge is 0.207 e. The van der Waals surface area contributed by atoms with Gasteiger partial charge in [0.15, 0.2) is 0 Å². The molecule has 1 aromatic rings. The minimum atomic E-state index is -3.23. The molecule has 2 rings (SSSR count). The highest BCUT2D eigenvalue weighted by atomic mass is 32.2. The molecule has 0 unspecified atom stereocenters. The fourth-order valence-corrected chi connectivity index (χ4v) is 2.75. The summed E-state index contributed by atoms with van der Waals surface area (Å²) in [4.78, 5) is 1.02. The lowest BCUT2D eigenvalue weighted by Crippen LogP contribution is -2.13. The van der Waals surface area contributed by atoms with Gasteiger partial charge in [-0.05, 0) is 17.7 Å². The lowest BCUT2D eigenvalue weighted by molar-refractivity contribution is 0.589. The van der Waals surface area contributed by atoms with Crippen LogP contribution < -0.4 is 4.72 Å². The molecule has 3 nitrogen and oxygen atoms in total. The van der Waals surface area contributed by atoms with Crippen molar-refractivity contribution >= 4 is 22.7 Å². The average molecular weight is 201 g/mol. The monoisotopic (exact) mass is 201 g/mol. The second-order valence-corrected chi connectivity index (χ2v) is 4.87. The van der Waals surface area contributed by atoms with Gasteiger partial charge in [0.05, 0.1) is 4.90 Å². The second-order valence-electron chi connectivity index (χ2n) is 2.62. The van der Waals surface area contributed by atoms with Crippen LogP contribution in [0.5, 0.6) is 0 Å². The minimum Gasteiger partial charge on any atom is -0.207 e. The fourth-order valence-electron chi connectivity index (χ4n) is 1.19. The van der Waals surface area contributed by atoms with Crippen LogP contribution in [0.25, 0.3) is 0 Å². The first kappa shape index (κ1) is 8.10. The van der Waals surface area contributed by atoms with Crippen LogP contribution in [0, 0.1) is 0 Å². The zero-order valence-corrected chi connectivity index (χ0v) is 7.82. The number of rotatable bonds is 0. The van der Waals surface area contributed by atoms with Gasteiger partial charge in [-0.15, -0.1) is 12.6 Å². The molecular formula is C7H7NO2S2. The van der Waals surface area contributed by atoms with Crippen LogP contribution in [0.4, 0.5) is 0 Å². The number of benzene rings is 1. The highest BCUT2D eigenvalue weighted by molar-refractivity contribution is 7.89. The molecule has 1 aliphatic heterocycles. The second kappa shape index (κ2) is 2.48. The average Bonchev–Trinajstić information content (AvgIpc) is 2.28. The van der Waals surface area contributed by atoms with Crippen molar-refractivity contribution in [1.82, 2.24) is 4.72 Å². The van der Waals surface area contributed by atoms with Crippen LogP contribution >= 0.6 is 12.6 Å². The Kier molecular flexibility index (Phi) is 1.67. The van der Waals surface area contributed by atoms with E-state index in [2.05, 4.69) is 17.4 Å². The number of thiol groups is 1. The van der Waals surface area contributed by atoms with Gasteiger partial charge in [-0.3, -0.25) is 0 Å². The van der Waals surface area contributed by atoms with E-state index in [0.29, 0.717) is 16.3 Å². The van der Waals surface area contributed by atoms with Crippen LogP contribution in [0.3, 0.4) is 0 Å². The predicted octanol–water partition coefficient (Wildman–Crippen LogP) is 0.767. The molecular weight excluding hydrogens is 194 g/mol. The van der Waals surface area contributed by atoms with Gasteiger partial charge in [-0.25, -0.2) is 13.1 Å². The Morgan fingerprint density at radius 3 is 2.92 bits per heavy atom. The Balaban J connectivity index is 2.73. The number of sulfonamides is 1. The molecule has 0 spiro atoms. The van der Waals surface area contributed by atoms with Crippen molar-refractivity contribution < 1.29 is 8.42 Å². The van der Waals surface area contributed by atoms with E-state index in [9.17, 15) is 8.42 Å². The Labute approximate surface area is 76.3 Å². The van der Waals surface area contributed by atoms with Gasteiger partial charge in [0, 0.05) is 11.4 Å². The summed E-state index contributed by atoms with van der Waals surface area (Å²) in [5, 5.41) is 0. The van der Waals surface area contributed by atoms with E-state index >= 15 is 0 Å². The SMILES string of the molecule is O=S1(=O)NCc2ccc(S)cc21. The Bertz CT molecular complexity index is 425. The van der Waals surface area contributed by atoms with E-state index in [1.807, 2.05) is 0 Å². The zero-order valence-electron chi connectivity index (χ0n) is 6.11. The molecule has 1 aromatic carbocycles. The molecule has 0 saturated heterocycles. The predicted molar refractivity (Wildman–Crippen MR) is 47.7 cm³/mol. The third-order valence-electron chi connectivity index (χ3n) is 1.79. The number of nitrogens with one attached hydrogen (secondary N) is 1. The standard InChI is InChI=1S/C7H7NO2S2/c9-12(10)7-3-6(11)2-1-5(7)4-8-12/h1-3,8,11H,4H2. The van der Waals surface area contributed by atoms with Crippen molar-refractivity contribution in [3.05, 3.63) is 23.8 Å². The molecule has 0 saturated carbocycles. The first-order valence-electron chi connectivity index (χ1n) is 3.41. The molecule has 0 aromatic heterocycles. The quantitative estimate of drug-likeness (QED) is 0.609. The van der Waals surface area contributed by atoms with Crippen molar-refractivity contribution in [2.24, 2.45) is 0 Å². The molecule has 0 fully saturated rings. The normalized spacial score (nSPS) is 19.1. The summed E-state index contributed by atoms with van der Waals surface area (Å²) in [7, 11) is -3.23. The maximum atomic E-state index is 11.3. The summed E-state index contributed by atoms with van der Waals surface area (Å²) in [5.74, 6) is 0. The third kappa shape index (κ3) is 1.14. The summed E-state index contributed by atoms with van der Waals surface area (Å²) in [5.41, 5.74) is 0.813. The van der Waals surface area contributed by atoms with Crippen LogP contribution in [0.2, 0.25) is 0 Å². The maximum absolute atomic E-state index is 11.3. The third-order valence-corrected chi connectivity index (χ3v) is 3.55. The van der Waals surface area contributed by atoms with Crippen LogP contribution in [-0.2, 0) is 16.6 Å². The summed E-state index contributed by atoms with van der Waals surface area (Å²) in [6.07, 6.45) is 0. The molecule has 0 amide bonds. The number of fused-ring (bicyclic) bond motifs is 1. The van der Waals surface area contributed by atoms with E-state index in [1.54, 1.807) is 18.2 Å². The van der Waals surface area contributed by atoms with Gasteiger partial charge in [0.25, 0.3) is 0 Å². The van der Waals surface area contributed by atoms with E-state index in [0.717, 1.165) is 5.56 Å². The van der Waals surface area contributed by atoms with Crippen molar-refractivity contribution in [3.63, 3.8) is 0 Å². The molecule has 1 aliphatic rings. The lowest BCUT2D eigenvalue weighted by Gasteiger charge is -1.96. The van der Waals surface area contributed by atoms with Gasteiger partial charge < -0.3 is 0 Å². The Morgan fingerprint density at radius 1 is 1.42 bits per heavy atom. The molecule has 0 radical (unpaired) electrons. The first-order chi connectivity index (χ1) is 5.59. The summed E-state index contributed by atoms with van der Waals surface area (Å²) in [6, 6.07) is 5.12. The molecule has 64 valence electrons. The zero-order chi connectivity index (χ0) is 8.77. The Morgan fingerprint density at radius 2 is 2.17 bits per heavy atom. The Hall–Kier alpha value is -0.520. The molecule has 12 heavy (non-hydrogen) atoms. The van der Waals surface area contributed by atoms with Crippen molar-refractivity contribution in [1.29, 1.82) is 0 Å². The van der Waals surface area contributed by atoms with Crippen LogP contribution in [0.15, 0.2) is 28.0 Å². The fraction of sp³-hybridized carbons (Fsp3) is 0.143. The van der Waals surface area contributed by atoms with Gasteiger partial charge in [0.2, 0.25) is 10.0 Å². The summed E-state index contributed by atoms with van der Waals surface area (Å²) < 4.78 is 24.9.